The van der Waals surface area contributed by atoms with E-state index >= 15 is 0 Å². The molecule has 0 aliphatic rings. The molecule has 2 aromatic heterocycles. The van der Waals surface area contributed by atoms with Gasteiger partial charge >= 0.3 is 0 Å². The summed E-state index contributed by atoms with van der Waals surface area (Å²) in [4.78, 5) is 16.1. The summed E-state index contributed by atoms with van der Waals surface area (Å²) in [5, 5.41) is 3.49. The zero-order valence-electron chi connectivity index (χ0n) is 12.3. The predicted molar refractivity (Wildman–Crippen MR) is 89.0 cm³/mol. The van der Waals surface area contributed by atoms with E-state index in [1.807, 2.05) is 0 Å². The van der Waals surface area contributed by atoms with Crippen molar-refractivity contribution in [1.82, 2.24) is 14.7 Å². The number of carbonyl (C=O) groups excluding carboxylic acids is 1. The summed E-state index contributed by atoms with van der Waals surface area (Å²) in [5.74, 6) is -0.313. The van der Waals surface area contributed by atoms with Crippen molar-refractivity contribution in [1.29, 1.82) is 0 Å². The summed E-state index contributed by atoms with van der Waals surface area (Å²) in [6.07, 6.45) is 2.97. The average Bonchev–Trinajstić information content (AvgIpc) is 2.94. The first kappa shape index (κ1) is 16.5. The van der Waals surface area contributed by atoms with Gasteiger partial charge in [0.2, 0.25) is 0 Å². The van der Waals surface area contributed by atoms with Crippen LogP contribution in [0, 0.1) is 5.82 Å². The SMILES string of the molecule is O=C(COc1ccc(Cl)cc1Cl)NCc1cn2cc(F)ccc2n1. The maximum absolute atomic E-state index is 13.1. The Bertz CT molecular complexity index is 898. The number of nitrogens with one attached hydrogen (secondary N) is 1. The highest BCUT2D eigenvalue weighted by atomic mass is 35.5. The lowest BCUT2D eigenvalue weighted by Crippen LogP contribution is -2.28. The monoisotopic (exact) mass is 367 g/mol. The van der Waals surface area contributed by atoms with Crippen LogP contribution in [0.2, 0.25) is 10.0 Å². The number of amides is 1. The third kappa shape index (κ3) is 3.96. The van der Waals surface area contributed by atoms with Crippen molar-refractivity contribution in [3.8, 4) is 5.75 Å². The first-order chi connectivity index (χ1) is 11.5. The highest BCUT2D eigenvalue weighted by Crippen LogP contribution is 2.27. The largest absolute Gasteiger partial charge is 0.482 e. The molecule has 3 rings (SSSR count). The van der Waals surface area contributed by atoms with Crippen LogP contribution in [-0.4, -0.2) is 21.9 Å². The van der Waals surface area contributed by atoms with Gasteiger partial charge in [-0.15, -0.1) is 0 Å². The third-order valence-electron chi connectivity index (χ3n) is 3.18. The van der Waals surface area contributed by atoms with Crippen LogP contribution in [-0.2, 0) is 11.3 Å². The second-order valence-electron chi connectivity index (χ2n) is 4.99. The summed E-state index contributed by atoms with van der Waals surface area (Å²) < 4.78 is 20.0. The Labute approximate surface area is 147 Å². The van der Waals surface area contributed by atoms with Crippen LogP contribution in [0.15, 0.2) is 42.7 Å². The molecule has 0 aliphatic heterocycles. The Morgan fingerprint density at radius 1 is 1.25 bits per heavy atom. The molecule has 0 unspecified atom stereocenters. The number of rotatable bonds is 5. The van der Waals surface area contributed by atoms with E-state index < -0.39 is 0 Å². The van der Waals surface area contributed by atoms with Gasteiger partial charge < -0.3 is 14.5 Å². The molecule has 0 fully saturated rings. The van der Waals surface area contributed by atoms with Crippen LogP contribution in [0.4, 0.5) is 4.39 Å². The van der Waals surface area contributed by atoms with Crippen molar-refractivity contribution in [3.05, 3.63) is 64.3 Å². The molecule has 124 valence electrons. The van der Waals surface area contributed by atoms with Gasteiger partial charge in [-0.3, -0.25) is 4.79 Å². The summed E-state index contributed by atoms with van der Waals surface area (Å²) in [7, 11) is 0. The molecule has 0 bridgehead atoms. The molecule has 0 spiro atoms. The average molecular weight is 368 g/mol. The zero-order chi connectivity index (χ0) is 17.1. The molecule has 3 aromatic rings. The highest BCUT2D eigenvalue weighted by molar-refractivity contribution is 6.35. The Morgan fingerprint density at radius 3 is 2.88 bits per heavy atom. The van der Waals surface area contributed by atoms with E-state index in [0.29, 0.717) is 27.1 Å². The molecule has 0 aliphatic carbocycles. The molecule has 8 heteroatoms. The molecule has 0 saturated carbocycles. The van der Waals surface area contributed by atoms with E-state index in [1.165, 1.54) is 18.3 Å². The minimum absolute atomic E-state index is 0.191. The Balaban J connectivity index is 1.54. The fourth-order valence-corrected chi connectivity index (χ4v) is 2.54. The lowest BCUT2D eigenvalue weighted by molar-refractivity contribution is -0.123. The second-order valence-corrected chi connectivity index (χ2v) is 5.83. The van der Waals surface area contributed by atoms with E-state index in [1.54, 1.807) is 28.8 Å². The number of nitrogens with zero attached hydrogens (tertiary/aromatic N) is 2. The van der Waals surface area contributed by atoms with Gasteiger partial charge in [-0.25, -0.2) is 9.37 Å². The number of pyridine rings is 1. The molecule has 2 heterocycles. The van der Waals surface area contributed by atoms with E-state index in [2.05, 4.69) is 10.3 Å². The fraction of sp³-hybridized carbons (Fsp3) is 0.125. The van der Waals surface area contributed by atoms with Crippen molar-refractivity contribution in [3.63, 3.8) is 0 Å². The van der Waals surface area contributed by atoms with E-state index in [9.17, 15) is 9.18 Å². The molecule has 0 atom stereocenters. The zero-order valence-corrected chi connectivity index (χ0v) is 13.8. The number of hydrogen-bond donors (Lipinski definition) is 1. The standard InChI is InChI=1S/C16H12Cl2FN3O2/c17-10-1-3-14(13(18)5-10)24-9-16(23)20-6-12-8-22-7-11(19)2-4-15(22)21-12/h1-5,7-8H,6,9H2,(H,20,23). The lowest BCUT2D eigenvalue weighted by atomic mass is 10.3. The van der Waals surface area contributed by atoms with Crippen LogP contribution in [0.3, 0.4) is 0 Å². The summed E-state index contributed by atoms with van der Waals surface area (Å²) in [6, 6.07) is 7.64. The number of fused-ring (bicyclic) bond motifs is 1. The second kappa shape index (κ2) is 7.07. The maximum Gasteiger partial charge on any atom is 0.258 e. The lowest BCUT2D eigenvalue weighted by Gasteiger charge is -2.08. The topological polar surface area (TPSA) is 55.6 Å². The molecule has 24 heavy (non-hydrogen) atoms. The summed E-state index contributed by atoms with van der Waals surface area (Å²) in [5.41, 5.74) is 1.21. The Kier molecular flexibility index (Phi) is 4.87. The minimum atomic E-state index is -0.358. The van der Waals surface area contributed by atoms with Gasteiger partial charge in [0, 0.05) is 17.4 Å². The number of benzene rings is 1. The van der Waals surface area contributed by atoms with Crippen molar-refractivity contribution in [2.24, 2.45) is 0 Å². The number of halogens is 3. The van der Waals surface area contributed by atoms with E-state index in [4.69, 9.17) is 27.9 Å². The highest BCUT2D eigenvalue weighted by Gasteiger charge is 2.08. The Hall–Kier alpha value is -2.31. The van der Waals surface area contributed by atoms with Gasteiger partial charge in [-0.2, -0.15) is 0 Å². The number of hydrogen-bond acceptors (Lipinski definition) is 3. The van der Waals surface area contributed by atoms with E-state index in [-0.39, 0.29) is 24.9 Å². The van der Waals surface area contributed by atoms with E-state index in [0.717, 1.165) is 0 Å². The van der Waals surface area contributed by atoms with Gasteiger partial charge in [-0.05, 0) is 30.3 Å². The van der Waals surface area contributed by atoms with Gasteiger partial charge in [0.25, 0.3) is 5.91 Å². The number of carbonyl (C=O) groups is 1. The van der Waals surface area contributed by atoms with Crippen molar-refractivity contribution >= 4 is 34.8 Å². The number of imidazole rings is 1. The summed E-state index contributed by atoms with van der Waals surface area (Å²) >= 11 is 11.7. The van der Waals surface area contributed by atoms with Gasteiger partial charge in [-0.1, -0.05) is 23.2 Å². The van der Waals surface area contributed by atoms with Crippen LogP contribution >= 0.6 is 23.2 Å². The molecule has 1 N–H and O–H groups in total. The quantitative estimate of drug-likeness (QED) is 0.750. The smallest absolute Gasteiger partial charge is 0.258 e. The predicted octanol–water partition coefficient (Wildman–Crippen LogP) is 3.48. The normalized spacial score (nSPS) is 10.8. The maximum atomic E-state index is 13.1. The summed E-state index contributed by atoms with van der Waals surface area (Å²) in [6.45, 7) is 0.0171. The molecule has 0 saturated heterocycles. The molecule has 1 amide bonds. The van der Waals surface area contributed by atoms with Crippen LogP contribution < -0.4 is 10.1 Å². The number of ether oxygens (including phenoxy) is 1. The molecule has 1 aromatic carbocycles. The molecule has 5 nitrogen and oxygen atoms in total. The first-order valence-electron chi connectivity index (χ1n) is 6.99. The van der Waals surface area contributed by atoms with Gasteiger partial charge in [0.1, 0.15) is 17.2 Å². The van der Waals surface area contributed by atoms with Gasteiger partial charge in [0.05, 0.1) is 17.3 Å². The molecular formula is C16H12Cl2FN3O2. The molecular weight excluding hydrogens is 356 g/mol. The van der Waals surface area contributed by atoms with Crippen molar-refractivity contribution in [2.45, 2.75) is 6.54 Å². The fourth-order valence-electron chi connectivity index (χ4n) is 2.08. The van der Waals surface area contributed by atoms with Crippen LogP contribution in [0.5, 0.6) is 5.75 Å². The molecule has 0 radical (unpaired) electrons. The van der Waals surface area contributed by atoms with Crippen LogP contribution in [0.1, 0.15) is 5.69 Å². The third-order valence-corrected chi connectivity index (χ3v) is 3.71. The van der Waals surface area contributed by atoms with Crippen molar-refractivity contribution in [2.75, 3.05) is 6.61 Å². The van der Waals surface area contributed by atoms with Crippen LogP contribution in [0.25, 0.3) is 5.65 Å². The Morgan fingerprint density at radius 2 is 2.08 bits per heavy atom. The first-order valence-corrected chi connectivity index (χ1v) is 7.74. The van der Waals surface area contributed by atoms with Crippen molar-refractivity contribution < 1.29 is 13.9 Å². The number of aromatic nitrogens is 2. The minimum Gasteiger partial charge on any atom is -0.482 e. The van der Waals surface area contributed by atoms with Gasteiger partial charge in [0.15, 0.2) is 6.61 Å².